The van der Waals surface area contributed by atoms with Crippen molar-refractivity contribution < 1.29 is 13.2 Å². The molecule has 2 aromatic rings. The van der Waals surface area contributed by atoms with Crippen LogP contribution in [0.3, 0.4) is 0 Å². The van der Waals surface area contributed by atoms with Crippen molar-refractivity contribution in [3.05, 3.63) is 58.6 Å². The van der Waals surface area contributed by atoms with Crippen molar-refractivity contribution in [2.24, 2.45) is 5.92 Å². The van der Waals surface area contributed by atoms with Crippen molar-refractivity contribution in [2.75, 3.05) is 11.3 Å². The highest BCUT2D eigenvalue weighted by Crippen LogP contribution is 2.24. The van der Waals surface area contributed by atoms with Crippen LogP contribution in [-0.4, -0.2) is 20.9 Å². The molecule has 0 saturated heterocycles. The van der Waals surface area contributed by atoms with Gasteiger partial charge in [-0.1, -0.05) is 62.4 Å². The highest BCUT2D eigenvalue weighted by Gasteiger charge is 2.17. The quantitative estimate of drug-likeness (QED) is 0.523. The van der Waals surface area contributed by atoms with Crippen LogP contribution in [0.1, 0.15) is 55.5 Å². The predicted octanol–water partition coefficient (Wildman–Crippen LogP) is 5.40. The summed E-state index contributed by atoms with van der Waals surface area (Å²) in [5.74, 6) is 0.191. The number of amides is 1. The van der Waals surface area contributed by atoms with Crippen molar-refractivity contribution in [1.82, 2.24) is 5.32 Å². The van der Waals surface area contributed by atoms with Crippen LogP contribution in [0.15, 0.2) is 47.4 Å². The average Bonchev–Trinajstić information content (AvgIpc) is 2.68. The summed E-state index contributed by atoms with van der Waals surface area (Å²) in [6.45, 7) is 6.77. The van der Waals surface area contributed by atoms with Crippen molar-refractivity contribution in [3.8, 4) is 0 Å². The minimum absolute atomic E-state index is 0.165. The number of sulfonamides is 1. The summed E-state index contributed by atoms with van der Waals surface area (Å²) in [6, 6.07) is 11.1. The molecule has 0 aliphatic carbocycles. The topological polar surface area (TPSA) is 75.3 Å². The van der Waals surface area contributed by atoms with Crippen LogP contribution in [0.5, 0.6) is 0 Å². The van der Waals surface area contributed by atoms with Gasteiger partial charge < -0.3 is 5.32 Å². The smallest absolute Gasteiger partial charge is 0.261 e. The maximum Gasteiger partial charge on any atom is 0.261 e. The Morgan fingerprint density at radius 3 is 2.38 bits per heavy atom. The number of benzene rings is 2. The Labute approximate surface area is 178 Å². The van der Waals surface area contributed by atoms with E-state index < -0.39 is 10.0 Å². The van der Waals surface area contributed by atoms with E-state index >= 15 is 0 Å². The number of carbonyl (C=O) groups is 1. The van der Waals surface area contributed by atoms with Crippen LogP contribution >= 0.6 is 11.6 Å². The van der Waals surface area contributed by atoms with E-state index in [9.17, 15) is 13.2 Å². The van der Waals surface area contributed by atoms with Crippen LogP contribution in [0.2, 0.25) is 5.02 Å². The Bertz CT molecular complexity index is 928. The first kappa shape index (κ1) is 23.2. The molecule has 2 N–H and O–H groups in total. The van der Waals surface area contributed by atoms with Crippen molar-refractivity contribution in [3.63, 3.8) is 0 Å². The van der Waals surface area contributed by atoms with Gasteiger partial charge in [0, 0.05) is 6.54 Å². The number of anilines is 1. The standard InChI is InChI=1S/C22H29ClN2O3S/c1-4-6-7-17(5-2)15-24-22(26)20-13-10-18(14-21(20)23)25-29(27,28)19-11-8-16(3)9-12-19/h8-14,17,25H,4-7,15H2,1-3H3,(H,24,26)/t17-/m1/s1. The largest absolute Gasteiger partial charge is 0.352 e. The van der Waals surface area contributed by atoms with E-state index in [1.54, 1.807) is 30.3 Å². The molecule has 0 aliphatic rings. The molecule has 29 heavy (non-hydrogen) atoms. The lowest BCUT2D eigenvalue weighted by Gasteiger charge is -2.16. The van der Waals surface area contributed by atoms with Crippen molar-refractivity contribution >= 4 is 33.2 Å². The fraction of sp³-hybridized carbons (Fsp3) is 0.409. The molecular weight excluding hydrogens is 408 g/mol. The summed E-state index contributed by atoms with van der Waals surface area (Å²) in [5, 5.41) is 3.14. The van der Waals surface area contributed by atoms with E-state index in [1.807, 2.05) is 6.92 Å². The molecule has 2 rings (SSSR count). The van der Waals surface area contributed by atoms with Gasteiger partial charge in [-0.2, -0.15) is 0 Å². The number of halogens is 1. The fourth-order valence-electron chi connectivity index (χ4n) is 2.97. The van der Waals surface area contributed by atoms with Crippen molar-refractivity contribution in [2.45, 2.75) is 51.3 Å². The molecular formula is C22H29ClN2O3S. The summed E-state index contributed by atoms with van der Waals surface area (Å²) in [7, 11) is -3.72. The summed E-state index contributed by atoms with van der Waals surface area (Å²) in [5.41, 5.74) is 1.61. The number of rotatable bonds is 10. The molecule has 1 atom stereocenters. The van der Waals surface area contributed by atoms with Gasteiger partial charge in [0.2, 0.25) is 0 Å². The van der Waals surface area contributed by atoms with Gasteiger partial charge in [-0.15, -0.1) is 0 Å². The van der Waals surface area contributed by atoms with Gasteiger partial charge in [0.1, 0.15) is 0 Å². The van der Waals surface area contributed by atoms with Gasteiger partial charge in [-0.3, -0.25) is 9.52 Å². The molecule has 0 bridgehead atoms. The Kier molecular flexibility index (Phi) is 8.53. The maximum absolute atomic E-state index is 12.5. The van der Waals surface area contributed by atoms with Gasteiger partial charge >= 0.3 is 0 Å². The summed E-state index contributed by atoms with van der Waals surface area (Å²) in [6.07, 6.45) is 4.37. The molecule has 0 unspecified atom stereocenters. The molecule has 0 fully saturated rings. The number of hydrogen-bond donors (Lipinski definition) is 2. The highest BCUT2D eigenvalue weighted by atomic mass is 35.5. The normalized spacial score (nSPS) is 12.4. The van der Waals surface area contributed by atoms with Crippen LogP contribution in [0.4, 0.5) is 5.69 Å². The van der Waals surface area contributed by atoms with Crippen molar-refractivity contribution in [1.29, 1.82) is 0 Å². The first-order chi connectivity index (χ1) is 13.8. The third-order valence-corrected chi connectivity index (χ3v) is 6.60. The number of carbonyl (C=O) groups excluding carboxylic acids is 1. The molecule has 0 aromatic heterocycles. The van der Waals surface area contributed by atoms with E-state index in [-0.39, 0.29) is 15.8 Å². The maximum atomic E-state index is 12.5. The van der Waals surface area contributed by atoms with Gasteiger partial charge in [0.15, 0.2) is 0 Å². The average molecular weight is 437 g/mol. The van der Waals surface area contributed by atoms with Crippen LogP contribution in [0.25, 0.3) is 0 Å². The van der Waals surface area contributed by atoms with Gasteiger partial charge in [-0.05, 0) is 49.6 Å². The zero-order chi connectivity index (χ0) is 21.4. The van der Waals surface area contributed by atoms with Crippen LogP contribution < -0.4 is 10.0 Å². The Morgan fingerprint density at radius 2 is 1.79 bits per heavy atom. The first-order valence-corrected chi connectivity index (χ1v) is 11.8. The van der Waals surface area contributed by atoms with Gasteiger partial charge in [0.25, 0.3) is 15.9 Å². The number of hydrogen-bond acceptors (Lipinski definition) is 3. The van der Waals surface area contributed by atoms with E-state index in [1.165, 1.54) is 12.1 Å². The van der Waals surface area contributed by atoms with Gasteiger partial charge in [0.05, 0.1) is 21.2 Å². The SMILES string of the molecule is CCCC[C@@H](CC)CNC(=O)c1ccc(NS(=O)(=O)c2ccc(C)cc2)cc1Cl. The highest BCUT2D eigenvalue weighted by molar-refractivity contribution is 7.92. The summed E-state index contributed by atoms with van der Waals surface area (Å²) >= 11 is 6.26. The lowest BCUT2D eigenvalue weighted by molar-refractivity contribution is 0.0946. The molecule has 0 heterocycles. The molecule has 5 nitrogen and oxygen atoms in total. The third kappa shape index (κ3) is 6.75. The first-order valence-electron chi connectivity index (χ1n) is 9.94. The molecule has 1 amide bonds. The predicted molar refractivity (Wildman–Crippen MR) is 119 cm³/mol. The minimum Gasteiger partial charge on any atom is -0.352 e. The number of unbranched alkanes of at least 4 members (excludes halogenated alkanes) is 1. The second-order valence-electron chi connectivity index (χ2n) is 7.24. The van der Waals surface area contributed by atoms with Crippen LogP contribution in [0, 0.1) is 12.8 Å². The molecule has 2 aromatic carbocycles. The van der Waals surface area contributed by atoms with Gasteiger partial charge in [-0.25, -0.2) is 8.42 Å². The van der Waals surface area contributed by atoms with E-state index in [0.29, 0.717) is 23.7 Å². The number of aryl methyl sites for hydroxylation is 1. The van der Waals surface area contributed by atoms with E-state index in [2.05, 4.69) is 23.9 Å². The molecule has 158 valence electrons. The Hall–Kier alpha value is -2.05. The Morgan fingerprint density at radius 1 is 1.10 bits per heavy atom. The van der Waals surface area contributed by atoms with E-state index in [4.69, 9.17) is 11.6 Å². The molecule has 7 heteroatoms. The summed E-state index contributed by atoms with van der Waals surface area (Å²) in [4.78, 5) is 12.6. The lowest BCUT2D eigenvalue weighted by Crippen LogP contribution is -2.29. The minimum atomic E-state index is -3.72. The molecule has 0 saturated carbocycles. The number of nitrogens with one attached hydrogen (secondary N) is 2. The molecule has 0 aliphatic heterocycles. The zero-order valence-electron chi connectivity index (χ0n) is 17.2. The second-order valence-corrected chi connectivity index (χ2v) is 9.33. The van der Waals surface area contributed by atoms with E-state index in [0.717, 1.165) is 31.2 Å². The second kappa shape index (κ2) is 10.6. The zero-order valence-corrected chi connectivity index (χ0v) is 18.7. The Balaban J connectivity index is 2.05. The lowest BCUT2D eigenvalue weighted by atomic mass is 9.99. The summed E-state index contributed by atoms with van der Waals surface area (Å²) < 4.78 is 27.5. The molecule has 0 radical (unpaired) electrons. The fourth-order valence-corrected chi connectivity index (χ4v) is 4.29. The monoisotopic (exact) mass is 436 g/mol. The third-order valence-electron chi connectivity index (χ3n) is 4.89. The molecule has 0 spiro atoms. The van der Waals surface area contributed by atoms with Crippen LogP contribution in [-0.2, 0) is 10.0 Å².